The van der Waals surface area contributed by atoms with Crippen molar-refractivity contribution >= 4 is 47.5 Å². The van der Waals surface area contributed by atoms with Crippen molar-refractivity contribution in [1.29, 1.82) is 0 Å². The first-order valence-corrected chi connectivity index (χ1v) is 15.2. The van der Waals surface area contributed by atoms with Crippen LogP contribution in [0.15, 0.2) is 67.0 Å². The maximum absolute atomic E-state index is 16.1. The third-order valence-electron chi connectivity index (χ3n) is 6.22. The summed E-state index contributed by atoms with van der Waals surface area (Å²) in [6.45, 7) is 12.3. The van der Waals surface area contributed by atoms with Gasteiger partial charge >= 0.3 is 0 Å². The monoisotopic (exact) mass is 621 g/mol. The van der Waals surface area contributed by atoms with Crippen molar-refractivity contribution in [2.75, 3.05) is 22.2 Å². The van der Waals surface area contributed by atoms with Crippen LogP contribution < -0.4 is 10.7 Å². The highest BCUT2D eigenvalue weighted by atomic mass is 32.2. The summed E-state index contributed by atoms with van der Waals surface area (Å²) in [5.74, 6) is -0.728. The van der Waals surface area contributed by atoms with E-state index in [1.165, 1.54) is 29.5 Å². The fourth-order valence-electron chi connectivity index (χ4n) is 4.15. The van der Waals surface area contributed by atoms with Crippen molar-refractivity contribution in [2.24, 2.45) is 0 Å². The molecule has 1 unspecified atom stereocenters. The van der Waals surface area contributed by atoms with E-state index >= 15 is 4.39 Å². The molecule has 7 nitrogen and oxygen atoms in total. The lowest BCUT2D eigenvalue weighted by molar-refractivity contribution is -0.938. The third kappa shape index (κ3) is 7.15. The first-order chi connectivity index (χ1) is 19.3. The van der Waals surface area contributed by atoms with Crippen molar-refractivity contribution in [2.45, 2.75) is 45.1 Å². The number of quaternary nitrogens is 1. The lowest BCUT2D eigenvalue weighted by Crippen LogP contribution is -2.40. The number of benzene rings is 1. The van der Waals surface area contributed by atoms with Crippen LogP contribution in [-0.2, 0) is 5.41 Å². The maximum Gasteiger partial charge on any atom is 0.274 e. The van der Waals surface area contributed by atoms with E-state index in [0.29, 0.717) is 28.3 Å². The molecule has 0 saturated carbocycles. The summed E-state index contributed by atoms with van der Waals surface area (Å²) in [5, 5.41) is 14.9. The molecule has 13 heteroatoms. The Kier molecular flexibility index (Phi) is 9.54. The lowest BCUT2D eigenvalue weighted by atomic mass is 9.98. The lowest BCUT2D eigenvalue weighted by Gasteiger charge is -2.24. The zero-order chi connectivity index (χ0) is 29.9. The van der Waals surface area contributed by atoms with Gasteiger partial charge in [-0.1, -0.05) is 40.0 Å². The van der Waals surface area contributed by atoms with Crippen LogP contribution in [0.25, 0.3) is 21.8 Å². The highest BCUT2D eigenvalue weighted by Crippen LogP contribution is 2.42. The molecule has 0 bridgehead atoms. The fourth-order valence-corrected chi connectivity index (χ4v) is 6.67. The molecule has 218 valence electrons. The van der Waals surface area contributed by atoms with Crippen molar-refractivity contribution < 1.29 is 22.5 Å². The average molecular weight is 622 g/mol. The molecule has 1 saturated heterocycles. The normalized spacial score (nSPS) is 16.5. The SMILES string of the molecule is C=C/C(F)=C(\C(=C)F)[N+](O)(S)Nc1cccc(-c2nc(C(C)(C)C)sc2-c2ccnc(NC3CCSCC3)n2)c1F. The maximum atomic E-state index is 16.1. The molecule has 0 spiro atoms. The van der Waals surface area contributed by atoms with Gasteiger partial charge in [0.25, 0.3) is 5.70 Å². The summed E-state index contributed by atoms with van der Waals surface area (Å²) in [6, 6.07) is 6.39. The Labute approximate surface area is 251 Å². The number of nitrogens with one attached hydrogen (secondary N) is 2. The predicted octanol–water partition coefficient (Wildman–Crippen LogP) is 8.24. The Hall–Kier alpha value is -2.84. The largest absolute Gasteiger partial charge is 0.351 e. The van der Waals surface area contributed by atoms with E-state index in [2.05, 4.69) is 41.7 Å². The van der Waals surface area contributed by atoms with Crippen molar-refractivity contribution in [3.05, 3.63) is 77.9 Å². The number of thioether (sulfide) groups is 1. The Morgan fingerprint density at radius 2 is 1.90 bits per heavy atom. The number of anilines is 2. The molecule has 3 N–H and O–H groups in total. The molecule has 0 aliphatic carbocycles. The van der Waals surface area contributed by atoms with Crippen molar-refractivity contribution in [1.82, 2.24) is 15.0 Å². The summed E-state index contributed by atoms with van der Waals surface area (Å²) >= 11 is 7.23. The van der Waals surface area contributed by atoms with Crippen LogP contribution >= 0.6 is 35.9 Å². The highest BCUT2D eigenvalue weighted by Gasteiger charge is 2.37. The van der Waals surface area contributed by atoms with Crippen LogP contribution in [0.5, 0.6) is 0 Å². The molecule has 41 heavy (non-hydrogen) atoms. The minimum absolute atomic E-state index is 0.0938. The number of hydrogen-bond acceptors (Lipinski definition) is 9. The second-order valence-corrected chi connectivity index (χ2v) is 13.2. The Balaban J connectivity index is 1.78. The van der Waals surface area contributed by atoms with Crippen LogP contribution in [0.3, 0.4) is 0 Å². The van der Waals surface area contributed by atoms with Gasteiger partial charge in [0.1, 0.15) is 18.5 Å². The zero-order valence-electron chi connectivity index (χ0n) is 22.9. The van der Waals surface area contributed by atoms with Gasteiger partial charge in [-0.15, -0.1) is 11.3 Å². The van der Waals surface area contributed by atoms with Gasteiger partial charge in [-0.05, 0) is 48.6 Å². The molecule has 3 heterocycles. The molecule has 2 aromatic heterocycles. The summed E-state index contributed by atoms with van der Waals surface area (Å²) in [5.41, 5.74) is 1.71. The smallest absolute Gasteiger partial charge is 0.274 e. The summed E-state index contributed by atoms with van der Waals surface area (Å²) in [7, 11) is 0. The van der Waals surface area contributed by atoms with E-state index in [1.807, 2.05) is 32.5 Å². The van der Waals surface area contributed by atoms with E-state index in [1.54, 1.807) is 12.3 Å². The van der Waals surface area contributed by atoms with Gasteiger partial charge in [-0.3, -0.25) is 0 Å². The molecule has 1 aromatic carbocycles. The molecule has 4 rings (SSSR count). The van der Waals surface area contributed by atoms with Crippen molar-refractivity contribution in [3.63, 3.8) is 0 Å². The number of aromatic nitrogens is 3. The van der Waals surface area contributed by atoms with E-state index in [-0.39, 0.29) is 22.7 Å². The van der Waals surface area contributed by atoms with Crippen molar-refractivity contribution in [3.8, 4) is 21.8 Å². The zero-order valence-corrected chi connectivity index (χ0v) is 25.4. The van der Waals surface area contributed by atoms with Gasteiger partial charge in [0.15, 0.2) is 17.5 Å². The molecule has 1 aliphatic heterocycles. The predicted molar refractivity (Wildman–Crippen MR) is 164 cm³/mol. The topological polar surface area (TPSA) is 83.0 Å². The molecule has 0 amide bonds. The minimum Gasteiger partial charge on any atom is -0.351 e. The third-order valence-corrected chi connectivity index (χ3v) is 9.07. The number of rotatable bonds is 9. The summed E-state index contributed by atoms with van der Waals surface area (Å²) < 4.78 is 42.6. The molecule has 0 radical (unpaired) electrons. The van der Waals surface area contributed by atoms with Crippen LogP contribution in [0.1, 0.15) is 38.6 Å². The number of thiol groups is 1. The van der Waals surface area contributed by atoms with Gasteiger partial charge in [-0.25, -0.2) is 28.1 Å². The van der Waals surface area contributed by atoms with E-state index in [4.69, 9.17) is 9.97 Å². The second-order valence-electron chi connectivity index (χ2n) is 10.4. The van der Waals surface area contributed by atoms with E-state index < -0.39 is 27.3 Å². The van der Waals surface area contributed by atoms with Crippen LogP contribution in [0, 0.1) is 5.82 Å². The Bertz CT molecular complexity index is 1480. The standard InChI is InChI=1S/C28H32F3N6OS3/c1-6-19(30)24(16(2)29)37(38,39)36-20-9-7-8-18(22(20)31)23-25(41-26(35-23)28(3,4)5)21-10-13-32-27(34-21)33-17-11-14-40-15-12-17/h6-10,13,17,36,38-39H,1-2,11-12,14-15H2,3-5H3,(H,32,33,34)/q+1/b24-19-. The van der Waals surface area contributed by atoms with Gasteiger partial charge in [0, 0.05) is 27.4 Å². The first kappa shape index (κ1) is 31.1. The van der Waals surface area contributed by atoms with Gasteiger partial charge in [0.05, 0.1) is 21.3 Å². The molecule has 3 aromatic rings. The number of halogens is 3. The van der Waals surface area contributed by atoms with Gasteiger partial charge in [0.2, 0.25) is 5.95 Å². The molecule has 1 atom stereocenters. The minimum atomic E-state index is -1.86. The summed E-state index contributed by atoms with van der Waals surface area (Å²) in [4.78, 5) is 14.6. The molecular weight excluding hydrogens is 590 g/mol. The van der Waals surface area contributed by atoms with Gasteiger partial charge < -0.3 is 5.32 Å². The van der Waals surface area contributed by atoms with E-state index in [9.17, 15) is 14.0 Å². The summed E-state index contributed by atoms with van der Waals surface area (Å²) in [6.07, 6.45) is 4.37. The van der Waals surface area contributed by atoms with Gasteiger partial charge in [-0.2, -0.15) is 22.4 Å². The molecule has 1 aliphatic rings. The number of hydrogen-bond donors (Lipinski definition) is 4. The average Bonchev–Trinajstić information content (AvgIpc) is 3.36. The first-order valence-electron chi connectivity index (χ1n) is 12.8. The van der Waals surface area contributed by atoms with E-state index in [0.717, 1.165) is 29.4 Å². The second kappa shape index (κ2) is 12.6. The molecule has 1 fully saturated rings. The van der Waals surface area contributed by atoms with Crippen LogP contribution in [-0.4, -0.2) is 41.9 Å². The number of thiazole rings is 1. The Morgan fingerprint density at radius 3 is 2.54 bits per heavy atom. The van der Waals surface area contributed by atoms with Crippen LogP contribution in [0.2, 0.25) is 0 Å². The fraction of sp³-hybridized carbons (Fsp3) is 0.321. The van der Waals surface area contributed by atoms with Crippen LogP contribution in [0.4, 0.5) is 24.8 Å². The number of allylic oxidation sites excluding steroid dienone is 3. The Morgan fingerprint density at radius 1 is 1.20 bits per heavy atom. The number of hydroxylamine groups is 1. The molecular formula is C28H32F3N6OS3+. The highest BCUT2D eigenvalue weighted by molar-refractivity contribution is 7.99. The number of nitrogens with zero attached hydrogens (tertiary/aromatic N) is 4. The quantitative estimate of drug-likeness (QED) is 0.0829.